The van der Waals surface area contributed by atoms with Crippen LogP contribution in [0.1, 0.15) is 42.9 Å². The van der Waals surface area contributed by atoms with Crippen molar-refractivity contribution in [2.24, 2.45) is 11.8 Å². The van der Waals surface area contributed by atoms with Gasteiger partial charge in [0.25, 0.3) is 5.91 Å². The van der Waals surface area contributed by atoms with Gasteiger partial charge in [-0.2, -0.15) is 5.10 Å². The molecule has 2 fully saturated rings. The molecular weight excluding hydrogens is 264 g/mol. The first-order valence-corrected chi connectivity index (χ1v) is 8.13. The Labute approximate surface area is 126 Å². The summed E-state index contributed by atoms with van der Waals surface area (Å²) in [4.78, 5) is 16.9. The maximum absolute atomic E-state index is 12.4. The Hall–Kier alpha value is -1.36. The molecule has 0 spiro atoms. The number of aryl methyl sites for hydroxylation is 1. The van der Waals surface area contributed by atoms with Crippen LogP contribution in [-0.2, 0) is 0 Å². The average molecular weight is 290 g/mol. The predicted molar refractivity (Wildman–Crippen MR) is 82.2 cm³/mol. The maximum Gasteiger partial charge on any atom is 0.274 e. The molecule has 1 aliphatic heterocycles. The van der Waals surface area contributed by atoms with Gasteiger partial charge in [0, 0.05) is 37.9 Å². The molecule has 2 heterocycles. The lowest BCUT2D eigenvalue weighted by Gasteiger charge is -2.39. The first-order valence-electron chi connectivity index (χ1n) is 8.13. The van der Waals surface area contributed by atoms with Crippen LogP contribution in [0.3, 0.4) is 0 Å². The molecular formula is C16H26N4O. The van der Waals surface area contributed by atoms with Crippen molar-refractivity contribution in [2.45, 2.75) is 39.7 Å². The summed E-state index contributed by atoms with van der Waals surface area (Å²) in [6, 6.07) is 2.27. The van der Waals surface area contributed by atoms with Crippen LogP contribution in [0.2, 0.25) is 0 Å². The number of hydrogen-bond acceptors (Lipinski definition) is 3. The average Bonchev–Trinajstić information content (AvgIpc) is 3.09. The predicted octanol–water partition coefficient (Wildman–Crippen LogP) is 1.91. The summed E-state index contributed by atoms with van der Waals surface area (Å²) < 4.78 is 0. The third-order valence-corrected chi connectivity index (χ3v) is 5.04. The monoisotopic (exact) mass is 290 g/mol. The van der Waals surface area contributed by atoms with Gasteiger partial charge in [-0.1, -0.05) is 13.3 Å². The molecule has 3 rings (SSSR count). The highest BCUT2D eigenvalue weighted by Crippen LogP contribution is 2.41. The summed E-state index contributed by atoms with van der Waals surface area (Å²) in [5.74, 6) is 1.90. The van der Waals surface area contributed by atoms with Crippen molar-refractivity contribution in [3.8, 4) is 0 Å². The van der Waals surface area contributed by atoms with Gasteiger partial charge in [0.1, 0.15) is 5.69 Å². The number of rotatable bonds is 4. The lowest BCUT2D eigenvalue weighted by atomic mass is 10.1. The number of H-pyrrole nitrogens is 1. The third kappa shape index (κ3) is 3.12. The number of aromatic nitrogens is 2. The van der Waals surface area contributed by atoms with Crippen LogP contribution in [-0.4, -0.2) is 58.1 Å². The molecule has 0 bridgehead atoms. The first-order chi connectivity index (χ1) is 10.1. The molecule has 3 atom stereocenters. The van der Waals surface area contributed by atoms with Crippen molar-refractivity contribution in [2.75, 3.05) is 26.2 Å². The standard InChI is InChI=1S/C16H26N4O/c1-4-13-8-14(13)10-19-5-6-20(9-12(19)3)16(21)15-7-11(2)17-18-15/h7,12-14H,4-6,8-10H2,1-3H3,(H,17,18)/t12-,13-,14+/m1/s1. The zero-order valence-corrected chi connectivity index (χ0v) is 13.3. The van der Waals surface area contributed by atoms with E-state index in [1.165, 1.54) is 19.4 Å². The number of aromatic amines is 1. The van der Waals surface area contributed by atoms with E-state index in [9.17, 15) is 4.79 Å². The molecule has 1 aromatic rings. The summed E-state index contributed by atoms with van der Waals surface area (Å²) in [6.45, 7) is 10.3. The van der Waals surface area contributed by atoms with Crippen molar-refractivity contribution in [1.29, 1.82) is 0 Å². The lowest BCUT2D eigenvalue weighted by molar-refractivity contribution is 0.0494. The zero-order chi connectivity index (χ0) is 15.0. The van der Waals surface area contributed by atoms with E-state index >= 15 is 0 Å². The Kier molecular flexibility index (Phi) is 4.02. The van der Waals surface area contributed by atoms with Gasteiger partial charge in [-0.15, -0.1) is 0 Å². The number of nitrogens with one attached hydrogen (secondary N) is 1. The van der Waals surface area contributed by atoms with Gasteiger partial charge in [0.15, 0.2) is 0 Å². The van der Waals surface area contributed by atoms with E-state index in [0.29, 0.717) is 11.7 Å². The number of carbonyl (C=O) groups is 1. The Balaban J connectivity index is 1.54. The molecule has 1 saturated carbocycles. The van der Waals surface area contributed by atoms with E-state index in [4.69, 9.17) is 0 Å². The molecule has 1 saturated heterocycles. The second kappa shape index (κ2) is 5.79. The second-order valence-corrected chi connectivity index (χ2v) is 6.70. The first kappa shape index (κ1) is 14.6. The van der Waals surface area contributed by atoms with E-state index in [0.717, 1.165) is 37.2 Å². The van der Waals surface area contributed by atoms with Gasteiger partial charge in [-0.3, -0.25) is 14.8 Å². The number of amides is 1. The molecule has 1 aliphatic carbocycles. The molecule has 0 aromatic carbocycles. The fourth-order valence-electron chi connectivity index (χ4n) is 3.48. The van der Waals surface area contributed by atoms with Crippen LogP contribution in [0.15, 0.2) is 6.07 Å². The van der Waals surface area contributed by atoms with Crippen LogP contribution in [0, 0.1) is 18.8 Å². The van der Waals surface area contributed by atoms with E-state index in [2.05, 4.69) is 28.9 Å². The molecule has 21 heavy (non-hydrogen) atoms. The summed E-state index contributed by atoms with van der Waals surface area (Å²) in [5.41, 5.74) is 1.48. The molecule has 5 heteroatoms. The van der Waals surface area contributed by atoms with Gasteiger partial charge in [0.2, 0.25) is 0 Å². The highest BCUT2D eigenvalue weighted by molar-refractivity contribution is 5.92. The van der Waals surface area contributed by atoms with E-state index in [1.807, 2.05) is 17.9 Å². The van der Waals surface area contributed by atoms with Crippen LogP contribution in [0.4, 0.5) is 0 Å². The molecule has 1 amide bonds. The number of piperazine rings is 1. The zero-order valence-electron chi connectivity index (χ0n) is 13.3. The normalized spacial score (nSPS) is 29.7. The second-order valence-electron chi connectivity index (χ2n) is 6.70. The molecule has 1 N–H and O–H groups in total. The molecule has 0 unspecified atom stereocenters. The van der Waals surface area contributed by atoms with Gasteiger partial charge >= 0.3 is 0 Å². The molecule has 116 valence electrons. The van der Waals surface area contributed by atoms with E-state index < -0.39 is 0 Å². The van der Waals surface area contributed by atoms with Crippen LogP contribution in [0.25, 0.3) is 0 Å². The molecule has 5 nitrogen and oxygen atoms in total. The van der Waals surface area contributed by atoms with Crippen molar-refractivity contribution in [3.63, 3.8) is 0 Å². The smallest absolute Gasteiger partial charge is 0.274 e. The number of hydrogen-bond donors (Lipinski definition) is 1. The minimum Gasteiger partial charge on any atom is -0.334 e. The summed E-state index contributed by atoms with van der Waals surface area (Å²) >= 11 is 0. The van der Waals surface area contributed by atoms with E-state index in [-0.39, 0.29) is 5.91 Å². The molecule has 2 aliphatic rings. The summed E-state index contributed by atoms with van der Waals surface area (Å²) in [6.07, 6.45) is 2.71. The van der Waals surface area contributed by atoms with E-state index in [1.54, 1.807) is 0 Å². The van der Waals surface area contributed by atoms with Gasteiger partial charge in [-0.25, -0.2) is 0 Å². The fourth-order valence-corrected chi connectivity index (χ4v) is 3.48. The van der Waals surface area contributed by atoms with Crippen LogP contribution >= 0.6 is 0 Å². The maximum atomic E-state index is 12.4. The SMILES string of the molecule is CC[C@@H]1C[C@H]1CN1CCN(C(=O)c2cc(C)[nH]n2)C[C@H]1C. The quantitative estimate of drug-likeness (QED) is 0.921. The van der Waals surface area contributed by atoms with Gasteiger partial charge in [-0.05, 0) is 38.2 Å². The lowest BCUT2D eigenvalue weighted by Crippen LogP contribution is -2.54. The number of carbonyl (C=O) groups excluding carboxylic acids is 1. The molecule has 0 radical (unpaired) electrons. The van der Waals surface area contributed by atoms with Crippen LogP contribution in [0.5, 0.6) is 0 Å². The number of nitrogens with zero attached hydrogens (tertiary/aromatic N) is 3. The Morgan fingerprint density at radius 1 is 1.43 bits per heavy atom. The highest BCUT2D eigenvalue weighted by Gasteiger charge is 2.38. The summed E-state index contributed by atoms with van der Waals surface area (Å²) in [5, 5.41) is 6.93. The van der Waals surface area contributed by atoms with Crippen molar-refractivity contribution in [1.82, 2.24) is 20.0 Å². The van der Waals surface area contributed by atoms with Gasteiger partial charge < -0.3 is 4.90 Å². The minimum absolute atomic E-state index is 0.0590. The van der Waals surface area contributed by atoms with Crippen molar-refractivity contribution in [3.05, 3.63) is 17.5 Å². The minimum atomic E-state index is 0.0590. The highest BCUT2D eigenvalue weighted by atomic mass is 16.2. The van der Waals surface area contributed by atoms with Gasteiger partial charge in [0.05, 0.1) is 0 Å². The third-order valence-electron chi connectivity index (χ3n) is 5.04. The summed E-state index contributed by atoms with van der Waals surface area (Å²) in [7, 11) is 0. The Morgan fingerprint density at radius 2 is 2.24 bits per heavy atom. The van der Waals surface area contributed by atoms with Crippen LogP contribution < -0.4 is 0 Å². The Bertz CT molecular complexity index is 512. The Morgan fingerprint density at radius 3 is 2.81 bits per heavy atom. The topological polar surface area (TPSA) is 52.2 Å². The van der Waals surface area contributed by atoms with Crippen molar-refractivity contribution < 1.29 is 4.79 Å². The molecule has 1 aromatic heterocycles. The fraction of sp³-hybridized carbons (Fsp3) is 0.750. The van der Waals surface area contributed by atoms with Crippen molar-refractivity contribution >= 4 is 5.91 Å². The largest absolute Gasteiger partial charge is 0.334 e.